The van der Waals surface area contributed by atoms with Gasteiger partial charge >= 0.3 is 0 Å². The van der Waals surface area contributed by atoms with Gasteiger partial charge in [0.05, 0.1) is 24.5 Å². The average molecular weight is 351 g/mol. The molecule has 1 aliphatic heterocycles. The second-order valence-electron chi connectivity index (χ2n) is 7.45. The van der Waals surface area contributed by atoms with Gasteiger partial charge in [0.25, 0.3) is 6.01 Å². The highest BCUT2D eigenvalue weighted by molar-refractivity contribution is 5.74. The quantitative estimate of drug-likeness (QED) is 0.775. The van der Waals surface area contributed by atoms with Crippen LogP contribution in [0.15, 0.2) is 34.7 Å². The third-order valence-corrected chi connectivity index (χ3v) is 5.68. The average Bonchev–Trinajstić information content (AvgIpc) is 3.29. The van der Waals surface area contributed by atoms with Crippen LogP contribution in [0.3, 0.4) is 0 Å². The van der Waals surface area contributed by atoms with Crippen molar-refractivity contribution in [3.63, 3.8) is 0 Å². The molecule has 2 aliphatic rings. The van der Waals surface area contributed by atoms with Gasteiger partial charge in [-0.05, 0) is 31.0 Å². The van der Waals surface area contributed by atoms with Crippen LogP contribution in [0.4, 0.5) is 6.01 Å². The van der Waals surface area contributed by atoms with Gasteiger partial charge in [0, 0.05) is 19.1 Å². The van der Waals surface area contributed by atoms with Crippen LogP contribution in [0.2, 0.25) is 0 Å². The summed E-state index contributed by atoms with van der Waals surface area (Å²) in [6.07, 6.45) is 6.91. The third kappa shape index (κ3) is 3.09. The highest BCUT2D eigenvalue weighted by atomic mass is 16.4. The summed E-state index contributed by atoms with van der Waals surface area (Å²) < 4.78 is 7.89. The molecule has 0 atom stereocenters. The first-order chi connectivity index (χ1) is 12.8. The van der Waals surface area contributed by atoms with E-state index in [0.717, 1.165) is 42.5 Å². The van der Waals surface area contributed by atoms with Gasteiger partial charge in [-0.25, -0.2) is 0 Å². The Kier molecular flexibility index (Phi) is 4.13. The Morgan fingerprint density at radius 3 is 2.88 bits per heavy atom. The number of nitrogens with zero attached hydrogens (tertiary/aromatic N) is 4. The lowest BCUT2D eigenvalue weighted by molar-refractivity contribution is 0.119. The summed E-state index contributed by atoms with van der Waals surface area (Å²) in [4.78, 5) is 7.12. The number of benzene rings is 1. The first-order valence-corrected chi connectivity index (χ1v) is 9.74. The summed E-state index contributed by atoms with van der Waals surface area (Å²) in [5.41, 5.74) is 4.06. The molecule has 0 radical (unpaired) electrons. The van der Waals surface area contributed by atoms with Gasteiger partial charge in [-0.15, -0.1) is 0 Å². The van der Waals surface area contributed by atoms with E-state index in [9.17, 15) is 0 Å². The largest absolute Gasteiger partial charge is 0.424 e. The van der Waals surface area contributed by atoms with Crippen LogP contribution in [0.5, 0.6) is 0 Å². The number of nitrogens with one attached hydrogen (secondary N) is 1. The van der Waals surface area contributed by atoms with Crippen LogP contribution in [0.25, 0.3) is 11.1 Å². The molecule has 1 aromatic carbocycles. The third-order valence-electron chi connectivity index (χ3n) is 5.68. The number of anilines is 1. The lowest BCUT2D eigenvalue weighted by Crippen LogP contribution is -2.42. The second-order valence-corrected chi connectivity index (χ2v) is 7.45. The lowest BCUT2D eigenvalue weighted by Gasteiger charge is -2.36. The van der Waals surface area contributed by atoms with Crippen LogP contribution >= 0.6 is 0 Å². The molecule has 0 unspecified atom stereocenters. The van der Waals surface area contributed by atoms with Gasteiger partial charge in [-0.3, -0.25) is 9.58 Å². The van der Waals surface area contributed by atoms with Crippen LogP contribution in [-0.4, -0.2) is 32.3 Å². The molecular weight excluding hydrogens is 326 g/mol. The highest BCUT2D eigenvalue weighted by Gasteiger charge is 2.25. The van der Waals surface area contributed by atoms with Gasteiger partial charge in [-0.1, -0.05) is 31.4 Å². The van der Waals surface area contributed by atoms with Crippen molar-refractivity contribution in [2.24, 2.45) is 0 Å². The maximum Gasteiger partial charge on any atom is 0.296 e. The molecule has 5 rings (SSSR count). The van der Waals surface area contributed by atoms with E-state index in [1.165, 1.54) is 37.8 Å². The summed E-state index contributed by atoms with van der Waals surface area (Å²) in [5, 5.41) is 8.02. The Morgan fingerprint density at radius 1 is 1.12 bits per heavy atom. The Balaban J connectivity index is 1.25. The molecule has 1 fully saturated rings. The molecule has 6 nitrogen and oxygen atoms in total. The van der Waals surface area contributed by atoms with E-state index in [4.69, 9.17) is 9.52 Å². The highest BCUT2D eigenvalue weighted by Crippen LogP contribution is 2.26. The molecule has 1 saturated carbocycles. The molecule has 26 heavy (non-hydrogen) atoms. The molecule has 2 aromatic heterocycles. The number of aromatic nitrogens is 3. The summed E-state index contributed by atoms with van der Waals surface area (Å²) in [5.74, 6) is 0. The molecule has 3 heterocycles. The number of fused-ring (bicyclic) bond motifs is 2. The SMILES string of the molecule is c1ccc2oc(NCc3cc4n(n3)CCN(C3CCCCC3)C4)nc2c1. The van der Waals surface area contributed by atoms with E-state index in [2.05, 4.69) is 25.9 Å². The molecule has 136 valence electrons. The number of para-hydroxylation sites is 2. The van der Waals surface area contributed by atoms with Crippen LogP contribution < -0.4 is 5.32 Å². The Hall–Kier alpha value is -2.34. The zero-order valence-electron chi connectivity index (χ0n) is 15.0. The van der Waals surface area contributed by atoms with Crippen molar-refractivity contribution in [2.45, 2.75) is 57.8 Å². The minimum atomic E-state index is 0.556. The van der Waals surface area contributed by atoms with Gasteiger partial charge < -0.3 is 9.73 Å². The fourth-order valence-electron chi connectivity index (χ4n) is 4.30. The maximum atomic E-state index is 5.72. The fraction of sp³-hybridized carbons (Fsp3) is 0.500. The molecule has 3 aromatic rings. The van der Waals surface area contributed by atoms with Crippen molar-refractivity contribution in [2.75, 3.05) is 11.9 Å². The number of hydrogen-bond donors (Lipinski definition) is 1. The summed E-state index contributed by atoms with van der Waals surface area (Å²) in [7, 11) is 0. The van der Waals surface area contributed by atoms with Crippen molar-refractivity contribution in [3.8, 4) is 0 Å². The number of hydrogen-bond acceptors (Lipinski definition) is 5. The van der Waals surface area contributed by atoms with Gasteiger partial charge in [0.2, 0.25) is 0 Å². The first kappa shape index (κ1) is 15.9. The summed E-state index contributed by atoms with van der Waals surface area (Å²) in [6, 6.07) is 11.4. The topological polar surface area (TPSA) is 59.1 Å². The Labute approximate surface area is 153 Å². The molecule has 0 spiro atoms. The number of oxazole rings is 1. The minimum absolute atomic E-state index is 0.556. The van der Waals surface area contributed by atoms with E-state index < -0.39 is 0 Å². The molecule has 0 amide bonds. The molecule has 1 N–H and O–H groups in total. The monoisotopic (exact) mass is 351 g/mol. The standard InChI is InChI=1S/C20H25N5O/c1-2-6-16(7-3-1)24-10-11-25-17(14-24)12-15(23-25)13-21-20-22-18-8-4-5-9-19(18)26-20/h4-5,8-9,12,16H,1-3,6-7,10-11,13-14H2,(H,21,22). The molecule has 0 bridgehead atoms. The smallest absolute Gasteiger partial charge is 0.296 e. The van der Waals surface area contributed by atoms with E-state index in [-0.39, 0.29) is 0 Å². The molecular formula is C20H25N5O. The van der Waals surface area contributed by atoms with E-state index in [1.54, 1.807) is 0 Å². The molecule has 0 saturated heterocycles. The van der Waals surface area contributed by atoms with Crippen LogP contribution in [0.1, 0.15) is 43.5 Å². The van der Waals surface area contributed by atoms with Crippen LogP contribution in [-0.2, 0) is 19.6 Å². The predicted octanol–water partition coefficient (Wildman–Crippen LogP) is 3.78. The van der Waals surface area contributed by atoms with Crippen molar-refractivity contribution >= 4 is 17.1 Å². The first-order valence-electron chi connectivity index (χ1n) is 9.74. The van der Waals surface area contributed by atoms with Crippen molar-refractivity contribution in [1.82, 2.24) is 19.7 Å². The minimum Gasteiger partial charge on any atom is -0.424 e. The Bertz CT molecular complexity index is 860. The zero-order valence-corrected chi connectivity index (χ0v) is 15.0. The Morgan fingerprint density at radius 2 is 2.00 bits per heavy atom. The van der Waals surface area contributed by atoms with E-state index >= 15 is 0 Å². The van der Waals surface area contributed by atoms with Crippen molar-refractivity contribution < 1.29 is 4.42 Å². The lowest BCUT2D eigenvalue weighted by atomic mass is 9.94. The van der Waals surface area contributed by atoms with E-state index in [1.807, 2.05) is 24.3 Å². The van der Waals surface area contributed by atoms with E-state index in [0.29, 0.717) is 12.6 Å². The molecule has 1 aliphatic carbocycles. The van der Waals surface area contributed by atoms with Crippen molar-refractivity contribution in [3.05, 3.63) is 41.7 Å². The van der Waals surface area contributed by atoms with Gasteiger partial charge in [0.1, 0.15) is 5.52 Å². The fourth-order valence-corrected chi connectivity index (χ4v) is 4.30. The number of rotatable bonds is 4. The molecule has 6 heteroatoms. The van der Waals surface area contributed by atoms with Gasteiger partial charge in [-0.2, -0.15) is 10.1 Å². The van der Waals surface area contributed by atoms with Crippen molar-refractivity contribution in [1.29, 1.82) is 0 Å². The second kappa shape index (κ2) is 6.76. The zero-order chi connectivity index (χ0) is 17.3. The van der Waals surface area contributed by atoms with Gasteiger partial charge in [0.15, 0.2) is 5.58 Å². The summed E-state index contributed by atoms with van der Waals surface area (Å²) in [6.45, 7) is 3.78. The predicted molar refractivity (Wildman–Crippen MR) is 101 cm³/mol. The maximum absolute atomic E-state index is 5.72. The van der Waals surface area contributed by atoms with Crippen LogP contribution in [0, 0.1) is 0 Å². The summed E-state index contributed by atoms with van der Waals surface area (Å²) >= 11 is 0. The normalized spacial score (nSPS) is 18.9.